The maximum atomic E-state index is 11.2. The van der Waals surface area contributed by atoms with Crippen LogP contribution in [-0.2, 0) is 4.79 Å². The third-order valence-corrected chi connectivity index (χ3v) is 1.81. The van der Waals surface area contributed by atoms with E-state index in [1.807, 2.05) is 64.1 Å². The molecule has 0 atom stereocenters. The molecule has 0 saturated carbocycles. The van der Waals surface area contributed by atoms with E-state index in [9.17, 15) is 4.79 Å². The fourth-order valence-electron chi connectivity index (χ4n) is 0.935. The lowest BCUT2D eigenvalue weighted by atomic mass is 10.1. The van der Waals surface area contributed by atoms with E-state index in [4.69, 9.17) is 0 Å². The SMILES string of the molecule is CC.CC(C)C(=O)/C=C/c1ccccc1. The minimum atomic E-state index is 0.0833. The van der Waals surface area contributed by atoms with E-state index in [0.29, 0.717) is 0 Å². The van der Waals surface area contributed by atoms with Crippen LogP contribution in [0.15, 0.2) is 36.4 Å². The monoisotopic (exact) mass is 204 g/mol. The molecule has 0 N–H and O–H groups in total. The zero-order chi connectivity index (χ0) is 11.7. The van der Waals surface area contributed by atoms with Crippen molar-refractivity contribution in [2.75, 3.05) is 0 Å². The number of ketones is 1. The maximum Gasteiger partial charge on any atom is 0.158 e. The van der Waals surface area contributed by atoms with Gasteiger partial charge in [-0.2, -0.15) is 0 Å². The molecule has 0 aliphatic carbocycles. The molecule has 0 fully saturated rings. The van der Waals surface area contributed by atoms with Crippen molar-refractivity contribution in [3.8, 4) is 0 Å². The number of hydrogen-bond acceptors (Lipinski definition) is 1. The molecule has 1 aromatic carbocycles. The first kappa shape index (κ1) is 13.6. The Labute approximate surface area is 92.8 Å². The van der Waals surface area contributed by atoms with Crippen molar-refractivity contribution in [3.05, 3.63) is 42.0 Å². The molecule has 0 aliphatic rings. The Kier molecular flexibility index (Phi) is 7.25. The Balaban J connectivity index is 0.000000921. The van der Waals surface area contributed by atoms with Gasteiger partial charge in [0.25, 0.3) is 0 Å². The molecule has 1 heteroatoms. The Bertz CT molecular complexity index is 296. The highest BCUT2D eigenvalue weighted by molar-refractivity contribution is 5.94. The largest absolute Gasteiger partial charge is 0.295 e. The minimum absolute atomic E-state index is 0.0833. The van der Waals surface area contributed by atoms with E-state index in [2.05, 4.69) is 0 Å². The third kappa shape index (κ3) is 5.84. The summed E-state index contributed by atoms with van der Waals surface area (Å²) in [4.78, 5) is 11.2. The molecule has 0 amide bonds. The molecule has 0 bridgehead atoms. The molecule has 0 aliphatic heterocycles. The van der Waals surface area contributed by atoms with Crippen LogP contribution in [-0.4, -0.2) is 5.78 Å². The highest BCUT2D eigenvalue weighted by Gasteiger charge is 2.00. The molecule has 1 rings (SSSR count). The molecule has 0 unspecified atom stereocenters. The highest BCUT2D eigenvalue weighted by Crippen LogP contribution is 2.03. The Morgan fingerprint density at radius 3 is 2.13 bits per heavy atom. The number of hydrogen-bond donors (Lipinski definition) is 0. The van der Waals surface area contributed by atoms with Gasteiger partial charge in [-0.15, -0.1) is 0 Å². The summed E-state index contributed by atoms with van der Waals surface area (Å²) in [5.74, 6) is 0.254. The van der Waals surface area contributed by atoms with Crippen molar-refractivity contribution in [2.45, 2.75) is 27.7 Å². The summed E-state index contributed by atoms with van der Waals surface area (Å²) in [6.45, 7) is 7.80. The molecule has 0 aromatic heterocycles. The summed E-state index contributed by atoms with van der Waals surface area (Å²) in [5.41, 5.74) is 1.07. The van der Waals surface area contributed by atoms with E-state index < -0.39 is 0 Å². The first-order chi connectivity index (χ1) is 7.20. The minimum Gasteiger partial charge on any atom is -0.295 e. The fourth-order valence-corrected chi connectivity index (χ4v) is 0.935. The van der Waals surface area contributed by atoms with Gasteiger partial charge >= 0.3 is 0 Å². The van der Waals surface area contributed by atoms with Gasteiger partial charge in [-0.25, -0.2) is 0 Å². The van der Waals surface area contributed by atoms with Crippen LogP contribution in [0.25, 0.3) is 6.08 Å². The molecule has 82 valence electrons. The summed E-state index contributed by atoms with van der Waals surface area (Å²) < 4.78 is 0. The van der Waals surface area contributed by atoms with Crippen molar-refractivity contribution >= 4 is 11.9 Å². The van der Waals surface area contributed by atoms with E-state index in [-0.39, 0.29) is 11.7 Å². The average molecular weight is 204 g/mol. The van der Waals surface area contributed by atoms with Crippen molar-refractivity contribution in [2.24, 2.45) is 5.92 Å². The molecule has 1 nitrogen and oxygen atoms in total. The number of allylic oxidation sites excluding steroid dienone is 1. The molecule has 1 aromatic rings. The Hall–Kier alpha value is -1.37. The normalized spacial score (nSPS) is 9.93. The topological polar surface area (TPSA) is 17.1 Å². The standard InChI is InChI=1S/C12H14O.C2H6/c1-10(2)12(13)9-8-11-6-4-3-5-7-11;1-2/h3-10H,1-2H3;1-2H3/b9-8+;. The van der Waals surface area contributed by atoms with Crippen LogP contribution in [0.4, 0.5) is 0 Å². The molecular formula is C14H20O. The van der Waals surface area contributed by atoms with E-state index in [0.717, 1.165) is 5.56 Å². The van der Waals surface area contributed by atoms with Crippen molar-refractivity contribution in [1.29, 1.82) is 0 Å². The number of rotatable bonds is 3. The summed E-state index contributed by atoms with van der Waals surface area (Å²) in [6, 6.07) is 9.83. The zero-order valence-electron chi connectivity index (χ0n) is 10.0. The second kappa shape index (κ2) is 7.98. The Morgan fingerprint density at radius 1 is 1.13 bits per heavy atom. The highest BCUT2D eigenvalue weighted by atomic mass is 16.1. The average Bonchev–Trinajstić information content (AvgIpc) is 2.30. The van der Waals surface area contributed by atoms with Crippen LogP contribution >= 0.6 is 0 Å². The van der Waals surface area contributed by atoms with Gasteiger partial charge in [0.1, 0.15) is 0 Å². The quantitative estimate of drug-likeness (QED) is 0.681. The van der Waals surface area contributed by atoms with Crippen LogP contribution in [0.3, 0.4) is 0 Å². The van der Waals surface area contributed by atoms with Crippen molar-refractivity contribution in [1.82, 2.24) is 0 Å². The van der Waals surface area contributed by atoms with Gasteiger partial charge in [-0.05, 0) is 11.6 Å². The van der Waals surface area contributed by atoms with Gasteiger partial charge in [0.05, 0.1) is 0 Å². The summed E-state index contributed by atoms with van der Waals surface area (Å²) >= 11 is 0. The van der Waals surface area contributed by atoms with Crippen LogP contribution in [0.2, 0.25) is 0 Å². The smallest absolute Gasteiger partial charge is 0.158 e. The second-order valence-corrected chi connectivity index (χ2v) is 3.30. The van der Waals surface area contributed by atoms with Gasteiger partial charge in [-0.1, -0.05) is 64.1 Å². The predicted molar refractivity (Wildman–Crippen MR) is 66.7 cm³/mol. The summed E-state index contributed by atoms with van der Waals surface area (Å²) in [7, 11) is 0. The van der Waals surface area contributed by atoms with Gasteiger partial charge < -0.3 is 0 Å². The summed E-state index contributed by atoms with van der Waals surface area (Å²) in [5, 5.41) is 0. The molecule has 15 heavy (non-hydrogen) atoms. The lowest BCUT2D eigenvalue weighted by molar-refractivity contribution is -0.117. The molecule has 0 saturated heterocycles. The predicted octanol–water partition coefficient (Wildman–Crippen LogP) is 3.95. The van der Waals surface area contributed by atoms with Gasteiger partial charge in [0, 0.05) is 5.92 Å². The van der Waals surface area contributed by atoms with Gasteiger partial charge in [0.15, 0.2) is 5.78 Å². The number of carbonyl (C=O) groups excluding carboxylic acids is 1. The molecule has 0 spiro atoms. The van der Waals surface area contributed by atoms with Crippen LogP contribution in [0, 0.1) is 5.92 Å². The number of benzene rings is 1. The van der Waals surface area contributed by atoms with Crippen LogP contribution in [0.1, 0.15) is 33.3 Å². The van der Waals surface area contributed by atoms with Crippen LogP contribution < -0.4 is 0 Å². The molecule has 0 radical (unpaired) electrons. The Morgan fingerprint density at radius 2 is 1.67 bits per heavy atom. The molecular weight excluding hydrogens is 184 g/mol. The second-order valence-electron chi connectivity index (χ2n) is 3.30. The van der Waals surface area contributed by atoms with Gasteiger partial charge in [0.2, 0.25) is 0 Å². The first-order valence-corrected chi connectivity index (χ1v) is 5.47. The van der Waals surface area contributed by atoms with E-state index >= 15 is 0 Å². The third-order valence-electron chi connectivity index (χ3n) is 1.81. The van der Waals surface area contributed by atoms with Crippen molar-refractivity contribution in [3.63, 3.8) is 0 Å². The molecule has 0 heterocycles. The van der Waals surface area contributed by atoms with Crippen LogP contribution in [0.5, 0.6) is 0 Å². The first-order valence-electron chi connectivity index (χ1n) is 5.47. The lowest BCUT2D eigenvalue weighted by Crippen LogP contribution is -2.01. The van der Waals surface area contributed by atoms with E-state index in [1.54, 1.807) is 6.08 Å². The maximum absolute atomic E-state index is 11.2. The van der Waals surface area contributed by atoms with E-state index in [1.165, 1.54) is 0 Å². The number of carbonyl (C=O) groups is 1. The van der Waals surface area contributed by atoms with Crippen molar-refractivity contribution < 1.29 is 4.79 Å². The van der Waals surface area contributed by atoms with Gasteiger partial charge in [-0.3, -0.25) is 4.79 Å². The zero-order valence-corrected chi connectivity index (χ0v) is 10.0. The summed E-state index contributed by atoms with van der Waals surface area (Å²) in [6.07, 6.45) is 3.49. The fraction of sp³-hybridized carbons (Fsp3) is 0.357. The lowest BCUT2D eigenvalue weighted by Gasteiger charge is -1.96.